The van der Waals surface area contributed by atoms with E-state index in [1.165, 1.54) is 0 Å². The average Bonchev–Trinajstić information content (AvgIpc) is 2.70. The maximum atomic E-state index is 15.2. The Morgan fingerprint density at radius 1 is 0.500 bits per heavy atom. The van der Waals surface area contributed by atoms with Gasteiger partial charge in [0.2, 0.25) is 18.2 Å². The number of aryl methyl sites for hydroxylation is 8. The quantitative estimate of drug-likeness (QED) is 0.361. The van der Waals surface area contributed by atoms with E-state index in [0.29, 0.717) is 16.4 Å². The third kappa shape index (κ3) is 4.12. The van der Waals surface area contributed by atoms with Crippen LogP contribution in [-0.4, -0.2) is 11.0 Å². The Hall–Kier alpha value is -2.77. The molecule has 0 saturated heterocycles. The summed E-state index contributed by atoms with van der Waals surface area (Å²) in [5.41, 5.74) is 8.02. The second-order valence-corrected chi connectivity index (χ2v) is 12.4. The molecule has 0 fully saturated rings. The zero-order chi connectivity index (χ0) is 25.7. The van der Waals surface area contributed by atoms with E-state index >= 15 is 4.57 Å². The Labute approximate surface area is 204 Å². The molecule has 0 amide bonds. The molecule has 0 aliphatic carbocycles. The lowest BCUT2D eigenvalue weighted by molar-refractivity contribution is 0.104. The van der Waals surface area contributed by atoms with Crippen LogP contribution in [0.1, 0.15) is 76.4 Å². The molecule has 3 aromatic rings. The van der Waals surface area contributed by atoms with E-state index in [1.54, 1.807) is 0 Å². The largest absolute Gasteiger partial charge is 0.302 e. The van der Waals surface area contributed by atoms with Crippen LogP contribution in [0.4, 0.5) is 0 Å². The van der Waals surface area contributed by atoms with Gasteiger partial charge in [-0.3, -0.25) is 9.59 Å². The van der Waals surface area contributed by atoms with E-state index in [2.05, 4.69) is 0 Å². The molecule has 0 radical (unpaired) electrons. The van der Waals surface area contributed by atoms with Crippen molar-refractivity contribution in [3.63, 3.8) is 0 Å². The van der Waals surface area contributed by atoms with Crippen LogP contribution in [0.25, 0.3) is 0 Å². The number of carbonyl (C=O) groups is 2. The fraction of sp³-hybridized carbons (Fsp3) is 0.333. The minimum atomic E-state index is -4.24. The smallest absolute Gasteiger partial charge is 0.249 e. The van der Waals surface area contributed by atoms with E-state index in [9.17, 15) is 9.59 Å². The lowest BCUT2D eigenvalue weighted by Gasteiger charge is -2.25. The Kier molecular flexibility index (Phi) is 6.93. The highest BCUT2D eigenvalue weighted by molar-refractivity contribution is 8.01. The number of carbonyl (C=O) groups excluding carboxylic acids is 2. The second-order valence-electron chi connectivity index (χ2n) is 9.88. The van der Waals surface area contributed by atoms with Crippen molar-refractivity contribution >= 4 is 23.5 Å². The Morgan fingerprint density at radius 3 is 1.09 bits per heavy atom. The normalized spacial score (nSPS) is 11.6. The summed E-state index contributed by atoms with van der Waals surface area (Å²) in [6.45, 7) is 19.0. The van der Waals surface area contributed by atoms with Crippen molar-refractivity contribution in [1.29, 1.82) is 0 Å². The van der Waals surface area contributed by atoms with Crippen molar-refractivity contribution in [2.75, 3.05) is 0 Å². The van der Waals surface area contributed by atoms with Gasteiger partial charge in [-0.05, 0) is 114 Å². The van der Waals surface area contributed by atoms with Gasteiger partial charge in [0.05, 0.1) is 0 Å². The zero-order valence-corrected chi connectivity index (χ0v) is 23.0. The van der Waals surface area contributed by atoms with Gasteiger partial charge < -0.3 is 4.57 Å². The highest BCUT2D eigenvalue weighted by Crippen LogP contribution is 2.54. The molecule has 0 unspecified atom stereocenters. The molecule has 178 valence electrons. The lowest BCUT2D eigenvalue weighted by atomic mass is 10.0. The van der Waals surface area contributed by atoms with Gasteiger partial charge in [0, 0.05) is 16.4 Å². The molecular weight excluding hydrogens is 439 g/mol. The van der Waals surface area contributed by atoms with E-state index in [1.807, 2.05) is 99.6 Å². The summed E-state index contributed by atoms with van der Waals surface area (Å²) in [5.74, 6) is 0. The average molecular weight is 475 g/mol. The second kappa shape index (κ2) is 9.12. The third-order valence-corrected chi connectivity index (χ3v) is 9.89. The molecular formula is C30H35O3P. The van der Waals surface area contributed by atoms with Crippen LogP contribution in [0.15, 0.2) is 30.3 Å². The molecule has 3 nitrogen and oxygen atoms in total. The van der Waals surface area contributed by atoms with E-state index in [-0.39, 0.29) is 0 Å². The Bertz CT molecular complexity index is 1260. The van der Waals surface area contributed by atoms with Crippen molar-refractivity contribution in [2.45, 2.75) is 69.2 Å². The van der Waals surface area contributed by atoms with Gasteiger partial charge in [0.25, 0.3) is 0 Å². The van der Waals surface area contributed by atoms with E-state index in [4.69, 9.17) is 0 Å². The summed E-state index contributed by atoms with van der Waals surface area (Å²) < 4.78 is 15.2. The first-order chi connectivity index (χ1) is 15.7. The molecule has 0 N–H and O–H groups in total. The van der Waals surface area contributed by atoms with Crippen molar-refractivity contribution in [1.82, 2.24) is 0 Å². The summed E-state index contributed by atoms with van der Waals surface area (Å²) in [5, 5.41) is 0.402. The predicted molar refractivity (Wildman–Crippen MR) is 143 cm³/mol. The Morgan fingerprint density at radius 2 is 0.794 bits per heavy atom. The zero-order valence-electron chi connectivity index (χ0n) is 22.1. The summed E-state index contributed by atoms with van der Waals surface area (Å²) in [6.07, 6.45) is 0. The van der Waals surface area contributed by atoms with E-state index in [0.717, 1.165) is 55.6 Å². The molecule has 0 aliphatic rings. The van der Waals surface area contributed by atoms with Gasteiger partial charge >= 0.3 is 0 Å². The van der Waals surface area contributed by atoms with Crippen molar-refractivity contribution in [2.24, 2.45) is 0 Å². The summed E-state index contributed by atoms with van der Waals surface area (Å²) in [6, 6.07) is 9.69. The molecule has 0 bridgehead atoms. The van der Waals surface area contributed by atoms with Crippen LogP contribution in [-0.2, 0) is 4.57 Å². The first-order valence-corrected chi connectivity index (χ1v) is 13.4. The van der Waals surface area contributed by atoms with Gasteiger partial charge in [-0.25, -0.2) is 0 Å². The van der Waals surface area contributed by atoms with Crippen molar-refractivity contribution < 1.29 is 14.2 Å². The molecule has 34 heavy (non-hydrogen) atoms. The topological polar surface area (TPSA) is 51.2 Å². The Balaban J connectivity index is 2.48. The fourth-order valence-corrected chi connectivity index (χ4v) is 8.54. The van der Waals surface area contributed by atoms with Crippen molar-refractivity contribution in [3.8, 4) is 0 Å². The fourth-order valence-electron chi connectivity index (χ4n) is 5.31. The molecule has 0 atom stereocenters. The van der Waals surface area contributed by atoms with Gasteiger partial charge in [0.1, 0.15) is 0 Å². The minimum absolute atomic E-state index is 0.391. The van der Waals surface area contributed by atoms with Gasteiger partial charge in [-0.15, -0.1) is 0 Å². The molecule has 0 aliphatic heterocycles. The molecule has 0 spiro atoms. The molecule has 3 rings (SSSR count). The van der Waals surface area contributed by atoms with Crippen LogP contribution in [0, 0.1) is 69.2 Å². The van der Waals surface area contributed by atoms with Crippen LogP contribution in [0.5, 0.6) is 0 Å². The molecule has 0 saturated carbocycles. The number of hydrogen-bond donors (Lipinski definition) is 0. The van der Waals surface area contributed by atoms with Crippen LogP contribution < -0.4 is 5.30 Å². The maximum absolute atomic E-state index is 15.2. The highest BCUT2D eigenvalue weighted by atomic mass is 31.2. The number of hydrogen-bond acceptors (Lipinski definition) is 3. The van der Waals surface area contributed by atoms with Gasteiger partial charge in [-0.1, -0.05) is 41.5 Å². The molecule has 4 heteroatoms. The molecule has 0 aromatic heterocycles. The summed E-state index contributed by atoms with van der Waals surface area (Å²) in [7, 11) is -4.24. The van der Waals surface area contributed by atoms with Crippen LogP contribution in [0.2, 0.25) is 0 Å². The first-order valence-electron chi connectivity index (χ1n) is 11.6. The molecule has 3 aromatic carbocycles. The molecule has 0 heterocycles. The summed E-state index contributed by atoms with van der Waals surface area (Å²) in [4.78, 5) is 28.7. The van der Waals surface area contributed by atoms with Gasteiger partial charge in [0.15, 0.2) is 0 Å². The first kappa shape index (κ1) is 25.8. The monoisotopic (exact) mass is 474 g/mol. The van der Waals surface area contributed by atoms with Crippen molar-refractivity contribution in [3.05, 3.63) is 97.1 Å². The van der Waals surface area contributed by atoms with E-state index < -0.39 is 18.2 Å². The van der Waals surface area contributed by atoms with Gasteiger partial charge in [-0.2, -0.15) is 0 Å². The lowest BCUT2D eigenvalue weighted by Crippen LogP contribution is -2.27. The standard InChI is InChI=1S/C30H35O3P/c1-16-11-20(5)26(21(6)12-16)29(31)34(33,28-24(9)18(3)15-19(4)25(28)10)30(32)27-22(7)13-17(2)14-23(27)8/h11-15H,1-10H3. The number of rotatable bonds is 5. The SMILES string of the molecule is Cc1cc(C)c(C(=O)P(=O)(C(=O)c2c(C)cc(C)cc2C)c2c(C)c(C)cc(C)c2C)c(C)c1. The third-order valence-electron chi connectivity index (χ3n) is 7.00. The summed E-state index contributed by atoms with van der Waals surface area (Å²) >= 11 is 0. The highest BCUT2D eigenvalue weighted by Gasteiger charge is 2.46. The predicted octanol–water partition coefficient (Wildman–Crippen LogP) is 7.44. The maximum Gasteiger partial charge on any atom is 0.249 e. The number of benzene rings is 3. The van der Waals surface area contributed by atoms with Crippen LogP contribution in [0.3, 0.4) is 0 Å². The minimum Gasteiger partial charge on any atom is -0.302 e. The van der Waals surface area contributed by atoms with Crippen LogP contribution >= 0.6 is 7.14 Å².